The third-order valence-corrected chi connectivity index (χ3v) is 2.68. The minimum atomic E-state index is -1.05. The quantitative estimate of drug-likeness (QED) is 0.582. The first kappa shape index (κ1) is 14.1. The second kappa shape index (κ2) is 6.69. The number of hydrogen-bond acceptors (Lipinski definition) is 3. The van der Waals surface area contributed by atoms with E-state index in [1.165, 1.54) is 0 Å². The van der Waals surface area contributed by atoms with E-state index in [1.807, 2.05) is 12.1 Å². The van der Waals surface area contributed by atoms with Crippen LogP contribution in [0.5, 0.6) is 5.75 Å². The van der Waals surface area contributed by atoms with E-state index in [-0.39, 0.29) is 6.07 Å². The van der Waals surface area contributed by atoms with Crippen LogP contribution in [0.2, 0.25) is 0 Å². The molecule has 0 saturated carbocycles. The number of allylic oxidation sites excluding steroid dienone is 1. The van der Waals surface area contributed by atoms with Crippen molar-refractivity contribution >= 4 is 11.6 Å². The van der Waals surface area contributed by atoms with E-state index in [4.69, 9.17) is 26.9 Å². The van der Waals surface area contributed by atoms with Crippen molar-refractivity contribution in [3.63, 3.8) is 0 Å². The summed E-state index contributed by atoms with van der Waals surface area (Å²) in [5.41, 5.74) is -0.141. The lowest BCUT2D eigenvalue weighted by Gasteiger charge is -2.16. The van der Waals surface area contributed by atoms with Gasteiger partial charge in [0.05, 0.1) is 12.1 Å². The Bertz CT molecular complexity index is 468. The highest BCUT2D eigenvalue weighted by atomic mass is 35.5. The summed E-state index contributed by atoms with van der Waals surface area (Å²) in [5, 5.41) is 18.3. The van der Waals surface area contributed by atoms with E-state index >= 15 is 0 Å². The van der Waals surface area contributed by atoms with Crippen molar-refractivity contribution in [2.75, 3.05) is 6.07 Å². The van der Waals surface area contributed by atoms with Crippen LogP contribution in [0.4, 0.5) is 0 Å². The molecule has 1 rings (SSSR count). The molecule has 0 spiro atoms. The molecule has 0 aromatic heterocycles. The number of halogens is 1. The van der Waals surface area contributed by atoms with Gasteiger partial charge in [0.2, 0.25) is 0 Å². The first-order valence-corrected chi connectivity index (χ1v) is 5.94. The topological polar surface area (TPSA) is 56.8 Å². The van der Waals surface area contributed by atoms with Crippen LogP contribution in [-0.4, -0.2) is 6.07 Å². The Morgan fingerprint density at radius 1 is 1.28 bits per heavy atom. The molecule has 92 valence electrons. The molecule has 0 bridgehead atoms. The predicted molar refractivity (Wildman–Crippen MR) is 70.0 cm³/mol. The molecular formula is C14H13ClN2O. The first-order valence-electron chi connectivity index (χ1n) is 5.41. The molecule has 4 heteroatoms. The Labute approximate surface area is 112 Å². The van der Waals surface area contributed by atoms with Crippen LogP contribution in [0.25, 0.3) is 0 Å². The molecule has 1 aromatic rings. The molecule has 0 radical (unpaired) electrons. The zero-order valence-electron chi connectivity index (χ0n) is 9.90. The molecule has 18 heavy (non-hydrogen) atoms. The predicted octanol–water partition coefficient (Wildman–Crippen LogP) is 3.41. The van der Waals surface area contributed by atoms with Crippen molar-refractivity contribution < 1.29 is 4.74 Å². The SMILES string of the molecule is C=CCC(C#N)(C#N)Cc1ccc(OCCl)cc1. The zero-order valence-corrected chi connectivity index (χ0v) is 10.7. The maximum Gasteiger partial charge on any atom is 0.162 e. The molecule has 0 fully saturated rings. The minimum Gasteiger partial charge on any atom is -0.478 e. The smallest absolute Gasteiger partial charge is 0.162 e. The third kappa shape index (κ3) is 3.52. The van der Waals surface area contributed by atoms with Crippen molar-refractivity contribution in [1.82, 2.24) is 0 Å². The molecule has 0 aliphatic rings. The molecular weight excluding hydrogens is 248 g/mol. The normalized spacial score (nSPS) is 10.2. The number of alkyl halides is 1. The van der Waals surface area contributed by atoms with E-state index in [2.05, 4.69) is 18.7 Å². The van der Waals surface area contributed by atoms with Crippen molar-refractivity contribution in [2.24, 2.45) is 5.41 Å². The largest absolute Gasteiger partial charge is 0.478 e. The van der Waals surface area contributed by atoms with Crippen molar-refractivity contribution in [3.8, 4) is 17.9 Å². The lowest BCUT2D eigenvalue weighted by Crippen LogP contribution is -2.18. The molecule has 0 atom stereocenters. The van der Waals surface area contributed by atoms with Crippen LogP contribution in [0.1, 0.15) is 12.0 Å². The van der Waals surface area contributed by atoms with Crippen molar-refractivity contribution in [1.29, 1.82) is 10.5 Å². The fourth-order valence-corrected chi connectivity index (χ4v) is 1.75. The van der Waals surface area contributed by atoms with Gasteiger partial charge in [0.1, 0.15) is 5.75 Å². The molecule has 0 aliphatic heterocycles. The Hall–Kier alpha value is -1.97. The van der Waals surface area contributed by atoms with E-state index in [9.17, 15) is 0 Å². The summed E-state index contributed by atoms with van der Waals surface area (Å²) >= 11 is 5.45. The second-order valence-electron chi connectivity index (χ2n) is 3.87. The standard InChI is InChI=1S/C14H13ClN2O/c1-2-7-14(9-16,10-17)8-12-3-5-13(6-4-12)18-11-15/h2-6H,1,7-8,11H2. The van der Waals surface area contributed by atoms with E-state index in [0.29, 0.717) is 18.6 Å². The van der Waals surface area contributed by atoms with Gasteiger partial charge in [-0.2, -0.15) is 10.5 Å². The number of ether oxygens (including phenoxy) is 1. The number of nitriles is 2. The minimum absolute atomic E-state index is 0.0934. The average molecular weight is 261 g/mol. The van der Waals surface area contributed by atoms with Gasteiger partial charge in [-0.3, -0.25) is 0 Å². The van der Waals surface area contributed by atoms with Gasteiger partial charge in [-0.25, -0.2) is 0 Å². The van der Waals surface area contributed by atoms with Crippen LogP contribution in [0.3, 0.4) is 0 Å². The van der Waals surface area contributed by atoms with Crippen molar-refractivity contribution in [3.05, 3.63) is 42.5 Å². The summed E-state index contributed by atoms with van der Waals surface area (Å²) in [6, 6.07) is 11.4. The Morgan fingerprint density at radius 3 is 2.33 bits per heavy atom. The highest BCUT2D eigenvalue weighted by Crippen LogP contribution is 2.27. The number of rotatable bonds is 6. The number of nitrogens with zero attached hydrogens (tertiary/aromatic N) is 2. The monoisotopic (exact) mass is 260 g/mol. The Morgan fingerprint density at radius 2 is 1.89 bits per heavy atom. The summed E-state index contributed by atoms with van der Waals surface area (Å²) in [5.74, 6) is 0.664. The lowest BCUT2D eigenvalue weighted by atomic mass is 9.81. The second-order valence-corrected chi connectivity index (χ2v) is 4.09. The maximum absolute atomic E-state index is 9.15. The maximum atomic E-state index is 9.15. The molecule has 0 saturated heterocycles. The molecule has 3 nitrogen and oxygen atoms in total. The zero-order chi connectivity index (χ0) is 13.4. The molecule has 0 aliphatic carbocycles. The first-order chi connectivity index (χ1) is 8.69. The van der Waals surface area contributed by atoms with Gasteiger partial charge in [0, 0.05) is 6.42 Å². The van der Waals surface area contributed by atoms with Crippen LogP contribution >= 0.6 is 11.6 Å². The molecule has 0 amide bonds. The number of benzene rings is 1. The third-order valence-electron chi connectivity index (χ3n) is 2.57. The van der Waals surface area contributed by atoms with E-state index in [0.717, 1.165) is 5.56 Å². The van der Waals surface area contributed by atoms with Gasteiger partial charge in [0.15, 0.2) is 11.5 Å². The van der Waals surface area contributed by atoms with Crippen LogP contribution < -0.4 is 4.74 Å². The van der Waals surface area contributed by atoms with Gasteiger partial charge in [-0.05, 0) is 24.1 Å². The van der Waals surface area contributed by atoms with Crippen LogP contribution in [0, 0.1) is 28.1 Å². The average Bonchev–Trinajstić information content (AvgIpc) is 2.41. The summed E-state index contributed by atoms with van der Waals surface area (Å²) in [7, 11) is 0. The van der Waals surface area contributed by atoms with Crippen molar-refractivity contribution in [2.45, 2.75) is 12.8 Å². The van der Waals surface area contributed by atoms with E-state index < -0.39 is 5.41 Å². The van der Waals surface area contributed by atoms with Crippen LogP contribution in [-0.2, 0) is 6.42 Å². The molecule has 0 unspecified atom stereocenters. The fraction of sp³-hybridized carbons (Fsp3) is 0.286. The molecule has 0 heterocycles. The molecule has 0 N–H and O–H groups in total. The fourth-order valence-electron chi connectivity index (χ4n) is 1.63. The van der Waals surface area contributed by atoms with Gasteiger partial charge in [-0.15, -0.1) is 6.58 Å². The van der Waals surface area contributed by atoms with Gasteiger partial charge >= 0.3 is 0 Å². The van der Waals surface area contributed by atoms with Gasteiger partial charge in [-0.1, -0.05) is 29.8 Å². The Kier molecular flexibility index (Phi) is 5.24. The van der Waals surface area contributed by atoms with E-state index in [1.54, 1.807) is 18.2 Å². The Balaban J connectivity index is 2.86. The highest BCUT2D eigenvalue weighted by Gasteiger charge is 2.28. The lowest BCUT2D eigenvalue weighted by molar-refractivity contribution is 0.387. The summed E-state index contributed by atoms with van der Waals surface area (Å²) in [4.78, 5) is 0. The summed E-state index contributed by atoms with van der Waals surface area (Å²) in [6.45, 7) is 3.58. The number of hydrogen-bond donors (Lipinski definition) is 0. The van der Waals surface area contributed by atoms with Gasteiger partial charge in [0.25, 0.3) is 0 Å². The summed E-state index contributed by atoms with van der Waals surface area (Å²) in [6.07, 6.45) is 2.31. The molecule has 1 aromatic carbocycles. The summed E-state index contributed by atoms with van der Waals surface area (Å²) < 4.78 is 5.11. The van der Waals surface area contributed by atoms with Gasteiger partial charge < -0.3 is 4.74 Å². The van der Waals surface area contributed by atoms with Crippen LogP contribution in [0.15, 0.2) is 36.9 Å². The highest BCUT2D eigenvalue weighted by molar-refractivity contribution is 6.17.